The van der Waals surface area contributed by atoms with Crippen LogP contribution in [-0.2, 0) is 11.3 Å². The van der Waals surface area contributed by atoms with E-state index in [0.29, 0.717) is 18.3 Å². The first kappa shape index (κ1) is 18.9. The maximum Gasteiger partial charge on any atom is 0.411 e. The first-order valence-electron chi connectivity index (χ1n) is 10.1. The molecule has 1 atom stereocenters. The Morgan fingerprint density at radius 1 is 1.21 bits per heavy atom. The van der Waals surface area contributed by atoms with Crippen LogP contribution in [0.15, 0.2) is 29.0 Å². The minimum absolute atomic E-state index is 0.0149. The molecule has 2 aromatic rings. The van der Waals surface area contributed by atoms with E-state index in [2.05, 4.69) is 20.0 Å². The minimum atomic E-state index is -0.188. The fourth-order valence-electron chi connectivity index (χ4n) is 4.06. The molecule has 8 nitrogen and oxygen atoms in total. The van der Waals surface area contributed by atoms with Gasteiger partial charge in [0.25, 0.3) is 0 Å². The second kappa shape index (κ2) is 8.68. The van der Waals surface area contributed by atoms with E-state index < -0.39 is 0 Å². The molecule has 1 saturated carbocycles. The molecule has 1 aliphatic heterocycles. The number of hydrogen-bond donors (Lipinski definition) is 0. The van der Waals surface area contributed by atoms with E-state index in [1.54, 1.807) is 12.4 Å². The van der Waals surface area contributed by atoms with Gasteiger partial charge in [-0.3, -0.25) is 14.8 Å². The number of nitrogens with zero attached hydrogens (tertiary/aromatic N) is 5. The molecule has 4 rings (SSSR count). The largest absolute Gasteiger partial charge is 0.446 e. The molecule has 0 aromatic carbocycles. The van der Waals surface area contributed by atoms with Gasteiger partial charge in [-0.25, -0.2) is 4.79 Å². The number of carbonyl (C=O) groups excluding carboxylic acids is 1. The van der Waals surface area contributed by atoms with E-state index in [1.807, 2.05) is 24.1 Å². The van der Waals surface area contributed by atoms with E-state index >= 15 is 0 Å². The molecule has 1 saturated heterocycles. The highest BCUT2D eigenvalue weighted by atomic mass is 16.6. The molecule has 150 valence electrons. The average Bonchev–Trinajstić information content (AvgIpc) is 3.41. The number of aromatic nitrogens is 3. The molecule has 1 amide bonds. The summed E-state index contributed by atoms with van der Waals surface area (Å²) in [5, 5.41) is 4.06. The molecule has 0 N–H and O–H groups in total. The van der Waals surface area contributed by atoms with E-state index in [9.17, 15) is 4.79 Å². The summed E-state index contributed by atoms with van der Waals surface area (Å²) in [5.74, 6) is 1.08. The quantitative estimate of drug-likeness (QED) is 0.779. The summed E-state index contributed by atoms with van der Waals surface area (Å²) < 4.78 is 11.2. The van der Waals surface area contributed by atoms with Gasteiger partial charge in [-0.1, -0.05) is 5.16 Å². The molecule has 3 heterocycles. The van der Waals surface area contributed by atoms with Crippen LogP contribution < -0.4 is 0 Å². The van der Waals surface area contributed by atoms with Crippen LogP contribution in [0.5, 0.6) is 0 Å². The number of amides is 1. The topological polar surface area (TPSA) is 84.6 Å². The lowest BCUT2D eigenvalue weighted by atomic mass is 10.1. The lowest BCUT2D eigenvalue weighted by Gasteiger charge is -2.40. The Bertz CT molecular complexity index is 775. The van der Waals surface area contributed by atoms with E-state index in [4.69, 9.17) is 9.26 Å². The van der Waals surface area contributed by atoms with Crippen molar-refractivity contribution in [2.24, 2.45) is 0 Å². The SMILES string of the molecule is CN(Cc1nc(-c2ccncc2)no1)C1CCCCN1C(=O)OC1CCCC1. The van der Waals surface area contributed by atoms with E-state index in [-0.39, 0.29) is 18.4 Å². The van der Waals surface area contributed by atoms with Crippen LogP contribution in [0.1, 0.15) is 50.8 Å². The standard InChI is InChI=1S/C20H27N5O3/c1-24(14-17-22-19(23-28-17)15-9-11-21-12-10-15)18-8-4-5-13-25(18)20(26)27-16-6-2-3-7-16/h9-12,16,18H,2-8,13-14H2,1H3. The summed E-state index contributed by atoms with van der Waals surface area (Å²) in [7, 11) is 1.99. The van der Waals surface area contributed by atoms with Crippen LogP contribution in [0.3, 0.4) is 0 Å². The zero-order valence-corrected chi connectivity index (χ0v) is 16.3. The molecule has 1 unspecified atom stereocenters. The summed E-state index contributed by atoms with van der Waals surface area (Å²) in [6, 6.07) is 3.69. The maximum absolute atomic E-state index is 12.7. The first-order valence-corrected chi connectivity index (χ1v) is 10.1. The molecular weight excluding hydrogens is 358 g/mol. The highest BCUT2D eigenvalue weighted by Gasteiger charge is 2.33. The number of rotatable bonds is 5. The predicted octanol–water partition coefficient (Wildman–Crippen LogP) is 3.45. The molecule has 2 fully saturated rings. The van der Waals surface area contributed by atoms with Crippen LogP contribution in [0.4, 0.5) is 4.79 Å². The van der Waals surface area contributed by atoms with Crippen molar-refractivity contribution in [1.29, 1.82) is 0 Å². The van der Waals surface area contributed by atoms with Gasteiger partial charge in [0.05, 0.1) is 12.7 Å². The molecule has 8 heteroatoms. The van der Waals surface area contributed by atoms with Crippen molar-refractivity contribution in [1.82, 2.24) is 24.9 Å². The number of carbonyl (C=O) groups is 1. The second-order valence-electron chi connectivity index (χ2n) is 7.62. The molecule has 2 aliphatic rings. The summed E-state index contributed by atoms with van der Waals surface area (Å²) >= 11 is 0. The van der Waals surface area contributed by atoms with Gasteiger partial charge in [0.15, 0.2) is 0 Å². The van der Waals surface area contributed by atoms with Crippen molar-refractivity contribution < 1.29 is 14.1 Å². The van der Waals surface area contributed by atoms with Crippen molar-refractivity contribution in [3.05, 3.63) is 30.4 Å². The fraction of sp³-hybridized carbons (Fsp3) is 0.600. The van der Waals surface area contributed by atoms with Gasteiger partial charge in [-0.2, -0.15) is 4.98 Å². The summed E-state index contributed by atoms with van der Waals surface area (Å²) in [5.41, 5.74) is 0.868. The number of likely N-dealkylation sites (tertiary alicyclic amines) is 1. The molecule has 28 heavy (non-hydrogen) atoms. The summed E-state index contributed by atoms with van der Waals surface area (Å²) in [4.78, 5) is 25.2. The van der Waals surface area contributed by atoms with Crippen molar-refractivity contribution in [2.45, 2.75) is 63.8 Å². The van der Waals surface area contributed by atoms with Crippen LogP contribution in [0.25, 0.3) is 11.4 Å². The van der Waals surface area contributed by atoms with Crippen LogP contribution >= 0.6 is 0 Å². The third-order valence-electron chi connectivity index (χ3n) is 5.58. The Hall–Kier alpha value is -2.48. The lowest BCUT2D eigenvalue weighted by molar-refractivity contribution is -0.00293. The van der Waals surface area contributed by atoms with Gasteiger partial charge in [0, 0.05) is 24.5 Å². The molecule has 1 aliphatic carbocycles. The Morgan fingerprint density at radius 3 is 2.75 bits per heavy atom. The van der Waals surface area contributed by atoms with Gasteiger partial charge in [0.1, 0.15) is 6.10 Å². The highest BCUT2D eigenvalue weighted by molar-refractivity contribution is 5.68. The van der Waals surface area contributed by atoms with Gasteiger partial charge in [-0.15, -0.1) is 0 Å². The lowest BCUT2D eigenvalue weighted by Crippen LogP contribution is -2.52. The predicted molar refractivity (Wildman–Crippen MR) is 102 cm³/mol. The third-order valence-corrected chi connectivity index (χ3v) is 5.58. The highest BCUT2D eigenvalue weighted by Crippen LogP contribution is 2.26. The molecule has 0 bridgehead atoms. The zero-order chi connectivity index (χ0) is 19.3. The minimum Gasteiger partial charge on any atom is -0.446 e. The van der Waals surface area contributed by atoms with Crippen molar-refractivity contribution in [3.63, 3.8) is 0 Å². The molecule has 2 aromatic heterocycles. The smallest absolute Gasteiger partial charge is 0.411 e. The van der Waals surface area contributed by atoms with Crippen LogP contribution in [0, 0.1) is 0 Å². The normalized spacial score (nSPS) is 20.6. The van der Waals surface area contributed by atoms with Gasteiger partial charge < -0.3 is 9.26 Å². The third kappa shape index (κ3) is 4.32. The van der Waals surface area contributed by atoms with Crippen LogP contribution in [-0.4, -0.2) is 56.9 Å². The second-order valence-corrected chi connectivity index (χ2v) is 7.62. The van der Waals surface area contributed by atoms with Gasteiger partial charge in [-0.05, 0) is 64.1 Å². The van der Waals surface area contributed by atoms with Crippen molar-refractivity contribution >= 4 is 6.09 Å². The Morgan fingerprint density at radius 2 is 1.96 bits per heavy atom. The number of pyridine rings is 1. The zero-order valence-electron chi connectivity index (χ0n) is 16.3. The molecular formula is C20H27N5O3. The Kier molecular flexibility index (Phi) is 5.85. The average molecular weight is 385 g/mol. The first-order chi connectivity index (χ1) is 13.7. The van der Waals surface area contributed by atoms with E-state index in [0.717, 1.165) is 57.1 Å². The van der Waals surface area contributed by atoms with Crippen molar-refractivity contribution in [3.8, 4) is 11.4 Å². The summed E-state index contributed by atoms with van der Waals surface area (Å²) in [6.45, 7) is 1.21. The van der Waals surface area contributed by atoms with Gasteiger partial charge >= 0.3 is 6.09 Å². The van der Waals surface area contributed by atoms with Gasteiger partial charge in [0.2, 0.25) is 11.7 Å². The number of piperidine rings is 1. The maximum atomic E-state index is 12.7. The van der Waals surface area contributed by atoms with Crippen LogP contribution in [0.2, 0.25) is 0 Å². The monoisotopic (exact) mass is 385 g/mol. The molecule has 0 radical (unpaired) electrons. The van der Waals surface area contributed by atoms with Crippen molar-refractivity contribution in [2.75, 3.05) is 13.6 Å². The molecule has 0 spiro atoms. The number of ether oxygens (including phenoxy) is 1. The van der Waals surface area contributed by atoms with E-state index in [1.165, 1.54) is 0 Å². The summed E-state index contributed by atoms with van der Waals surface area (Å²) in [6.07, 6.45) is 10.6. The Labute approximate surface area is 164 Å². The number of hydrogen-bond acceptors (Lipinski definition) is 7. The Balaban J connectivity index is 1.40. The fourth-order valence-corrected chi connectivity index (χ4v) is 4.06.